The van der Waals surface area contributed by atoms with Gasteiger partial charge < -0.3 is 4.74 Å². The Balaban J connectivity index is 3.18. The molecule has 0 aliphatic rings. The SMILES string of the molecule is CCCCCC/C=C\CCCCC(CC)OC. The summed E-state index contributed by atoms with van der Waals surface area (Å²) in [4.78, 5) is 0. The third kappa shape index (κ3) is 12.0. The van der Waals surface area contributed by atoms with Crippen LogP contribution in [0.3, 0.4) is 0 Å². The van der Waals surface area contributed by atoms with Crippen LogP contribution in [0.5, 0.6) is 0 Å². The van der Waals surface area contributed by atoms with E-state index in [2.05, 4.69) is 26.0 Å². The van der Waals surface area contributed by atoms with E-state index in [0.717, 1.165) is 6.42 Å². The maximum atomic E-state index is 5.36. The second-order valence-corrected chi connectivity index (χ2v) is 4.87. The van der Waals surface area contributed by atoms with Gasteiger partial charge in [-0.3, -0.25) is 0 Å². The molecule has 0 bridgehead atoms. The van der Waals surface area contributed by atoms with Gasteiger partial charge in [-0.1, -0.05) is 51.7 Å². The molecular weight excluding hydrogens is 208 g/mol. The Morgan fingerprint density at radius 2 is 1.53 bits per heavy atom. The summed E-state index contributed by atoms with van der Waals surface area (Å²) in [6, 6.07) is 0. The number of rotatable bonds is 12. The van der Waals surface area contributed by atoms with Crippen molar-refractivity contribution in [2.45, 2.75) is 84.2 Å². The number of hydrogen-bond donors (Lipinski definition) is 0. The first-order valence-corrected chi connectivity index (χ1v) is 7.52. The van der Waals surface area contributed by atoms with Crippen molar-refractivity contribution < 1.29 is 4.74 Å². The van der Waals surface area contributed by atoms with E-state index < -0.39 is 0 Å². The van der Waals surface area contributed by atoms with Gasteiger partial charge in [-0.05, 0) is 38.5 Å². The second kappa shape index (κ2) is 13.8. The molecule has 0 rings (SSSR count). The molecule has 102 valence electrons. The molecule has 0 aromatic carbocycles. The Morgan fingerprint density at radius 3 is 2.06 bits per heavy atom. The smallest absolute Gasteiger partial charge is 0.0568 e. The van der Waals surface area contributed by atoms with E-state index in [-0.39, 0.29) is 0 Å². The van der Waals surface area contributed by atoms with Gasteiger partial charge in [-0.2, -0.15) is 0 Å². The second-order valence-electron chi connectivity index (χ2n) is 4.87. The molecular formula is C16H32O. The fourth-order valence-corrected chi connectivity index (χ4v) is 2.05. The van der Waals surface area contributed by atoms with Crippen LogP contribution < -0.4 is 0 Å². The summed E-state index contributed by atoms with van der Waals surface area (Å²) in [5.74, 6) is 0. The van der Waals surface area contributed by atoms with Crippen LogP contribution in [0.15, 0.2) is 12.2 Å². The van der Waals surface area contributed by atoms with Crippen LogP contribution in [-0.4, -0.2) is 13.2 Å². The topological polar surface area (TPSA) is 9.23 Å². The van der Waals surface area contributed by atoms with E-state index in [1.165, 1.54) is 57.8 Å². The third-order valence-electron chi connectivity index (χ3n) is 3.33. The lowest BCUT2D eigenvalue weighted by Crippen LogP contribution is -2.07. The number of hydrogen-bond acceptors (Lipinski definition) is 1. The van der Waals surface area contributed by atoms with Crippen molar-refractivity contribution in [1.82, 2.24) is 0 Å². The van der Waals surface area contributed by atoms with Gasteiger partial charge in [-0.15, -0.1) is 0 Å². The molecule has 0 aromatic heterocycles. The van der Waals surface area contributed by atoms with E-state index in [1.54, 1.807) is 0 Å². The van der Waals surface area contributed by atoms with Crippen molar-refractivity contribution in [2.24, 2.45) is 0 Å². The zero-order chi connectivity index (χ0) is 12.8. The standard InChI is InChI=1S/C16H32O/c1-4-6-7-8-9-10-11-12-13-14-15-16(5-2)17-3/h10-11,16H,4-9,12-15H2,1-3H3/b11-10-. The number of methoxy groups -OCH3 is 1. The molecule has 0 aromatic rings. The van der Waals surface area contributed by atoms with Crippen molar-refractivity contribution in [3.8, 4) is 0 Å². The first-order valence-electron chi connectivity index (χ1n) is 7.52. The number of ether oxygens (including phenoxy) is 1. The minimum atomic E-state index is 0.480. The van der Waals surface area contributed by atoms with Gasteiger partial charge in [-0.25, -0.2) is 0 Å². The van der Waals surface area contributed by atoms with Crippen LogP contribution in [0, 0.1) is 0 Å². The largest absolute Gasteiger partial charge is 0.381 e. The van der Waals surface area contributed by atoms with Gasteiger partial charge in [0.05, 0.1) is 6.10 Å². The van der Waals surface area contributed by atoms with E-state index in [1.807, 2.05) is 7.11 Å². The van der Waals surface area contributed by atoms with Crippen LogP contribution in [0.2, 0.25) is 0 Å². The molecule has 0 heterocycles. The fourth-order valence-electron chi connectivity index (χ4n) is 2.05. The van der Waals surface area contributed by atoms with Crippen LogP contribution in [0.4, 0.5) is 0 Å². The molecule has 0 aliphatic carbocycles. The Bertz CT molecular complexity index is 159. The molecule has 0 saturated heterocycles. The van der Waals surface area contributed by atoms with E-state index >= 15 is 0 Å². The van der Waals surface area contributed by atoms with Crippen LogP contribution in [-0.2, 0) is 4.74 Å². The lowest BCUT2D eigenvalue weighted by molar-refractivity contribution is 0.0899. The maximum absolute atomic E-state index is 5.36. The van der Waals surface area contributed by atoms with Gasteiger partial charge in [0.1, 0.15) is 0 Å². The van der Waals surface area contributed by atoms with Crippen molar-refractivity contribution in [3.05, 3.63) is 12.2 Å². The van der Waals surface area contributed by atoms with E-state index in [4.69, 9.17) is 4.74 Å². The average molecular weight is 240 g/mol. The molecule has 1 unspecified atom stereocenters. The quantitative estimate of drug-likeness (QED) is 0.323. The molecule has 0 spiro atoms. The van der Waals surface area contributed by atoms with Gasteiger partial charge in [0.15, 0.2) is 0 Å². The van der Waals surface area contributed by atoms with Crippen molar-refractivity contribution >= 4 is 0 Å². The summed E-state index contributed by atoms with van der Waals surface area (Å²) < 4.78 is 5.36. The summed E-state index contributed by atoms with van der Waals surface area (Å²) in [6.45, 7) is 4.46. The molecule has 0 radical (unpaired) electrons. The van der Waals surface area contributed by atoms with Gasteiger partial charge in [0.2, 0.25) is 0 Å². The monoisotopic (exact) mass is 240 g/mol. The molecule has 17 heavy (non-hydrogen) atoms. The summed E-state index contributed by atoms with van der Waals surface area (Å²) >= 11 is 0. The number of allylic oxidation sites excluding steroid dienone is 2. The van der Waals surface area contributed by atoms with Crippen LogP contribution in [0.1, 0.15) is 78.1 Å². The maximum Gasteiger partial charge on any atom is 0.0568 e. The highest BCUT2D eigenvalue weighted by Gasteiger charge is 2.02. The Labute approximate surface area is 109 Å². The molecule has 1 nitrogen and oxygen atoms in total. The summed E-state index contributed by atoms with van der Waals surface area (Å²) in [5, 5.41) is 0. The molecule has 0 aliphatic heterocycles. The van der Waals surface area contributed by atoms with Gasteiger partial charge in [0, 0.05) is 7.11 Å². The summed E-state index contributed by atoms with van der Waals surface area (Å²) in [6.07, 6.45) is 18.2. The predicted octanol–water partition coefficient (Wildman–Crippen LogP) is 5.50. The van der Waals surface area contributed by atoms with Gasteiger partial charge >= 0.3 is 0 Å². The molecule has 1 atom stereocenters. The average Bonchev–Trinajstić information content (AvgIpc) is 2.36. The third-order valence-corrected chi connectivity index (χ3v) is 3.33. The highest BCUT2D eigenvalue weighted by molar-refractivity contribution is 4.81. The minimum absolute atomic E-state index is 0.480. The predicted molar refractivity (Wildman–Crippen MR) is 77.5 cm³/mol. The first-order chi connectivity index (χ1) is 8.35. The molecule has 0 saturated carbocycles. The lowest BCUT2D eigenvalue weighted by atomic mass is 10.1. The summed E-state index contributed by atoms with van der Waals surface area (Å²) in [7, 11) is 1.82. The van der Waals surface area contributed by atoms with Crippen LogP contribution in [0.25, 0.3) is 0 Å². The molecule has 0 amide bonds. The lowest BCUT2D eigenvalue weighted by Gasteiger charge is -2.11. The highest BCUT2D eigenvalue weighted by Crippen LogP contribution is 2.10. The number of unbranched alkanes of at least 4 members (excludes halogenated alkanes) is 6. The van der Waals surface area contributed by atoms with Gasteiger partial charge in [0.25, 0.3) is 0 Å². The minimum Gasteiger partial charge on any atom is -0.381 e. The van der Waals surface area contributed by atoms with Crippen molar-refractivity contribution in [1.29, 1.82) is 0 Å². The Kier molecular flexibility index (Phi) is 13.5. The zero-order valence-corrected chi connectivity index (χ0v) is 12.2. The fraction of sp³-hybridized carbons (Fsp3) is 0.875. The zero-order valence-electron chi connectivity index (χ0n) is 12.2. The highest BCUT2D eigenvalue weighted by atomic mass is 16.5. The van der Waals surface area contributed by atoms with Crippen molar-refractivity contribution in [3.63, 3.8) is 0 Å². The summed E-state index contributed by atoms with van der Waals surface area (Å²) in [5.41, 5.74) is 0. The van der Waals surface area contributed by atoms with E-state index in [9.17, 15) is 0 Å². The normalized spacial score (nSPS) is 13.4. The Hall–Kier alpha value is -0.300. The molecule has 0 fully saturated rings. The molecule has 1 heteroatoms. The first kappa shape index (κ1) is 16.7. The van der Waals surface area contributed by atoms with Crippen LogP contribution >= 0.6 is 0 Å². The Morgan fingerprint density at radius 1 is 0.882 bits per heavy atom. The van der Waals surface area contributed by atoms with Crippen molar-refractivity contribution in [2.75, 3.05) is 7.11 Å². The van der Waals surface area contributed by atoms with E-state index in [0.29, 0.717) is 6.10 Å². The molecule has 0 N–H and O–H groups in total.